The minimum atomic E-state index is -3.93. The fourth-order valence-corrected chi connectivity index (χ4v) is 4.93. The maximum atomic E-state index is 12.9. The number of sulfonamides is 1. The van der Waals surface area contributed by atoms with Gasteiger partial charge in [0.05, 0.1) is 40.4 Å². The second-order valence-corrected chi connectivity index (χ2v) is 9.39. The van der Waals surface area contributed by atoms with E-state index < -0.39 is 26.4 Å². The van der Waals surface area contributed by atoms with Gasteiger partial charge >= 0.3 is 0 Å². The SMILES string of the molecule is Cc1ccc(O)c(C(=O)c2cnn(-c3ccc(S(=O)(=O)N4CCOCC4)cc3[N+](=O)[O-])c2)c1. The van der Waals surface area contributed by atoms with E-state index in [9.17, 15) is 28.4 Å². The number of phenolic OH excluding ortho intramolecular Hbond substituents is 1. The van der Waals surface area contributed by atoms with E-state index in [-0.39, 0.29) is 53.8 Å². The minimum absolute atomic E-state index is 0.00607. The van der Waals surface area contributed by atoms with E-state index >= 15 is 0 Å². The molecule has 172 valence electrons. The van der Waals surface area contributed by atoms with E-state index in [1.54, 1.807) is 13.0 Å². The Bertz CT molecular complexity index is 1340. The van der Waals surface area contributed by atoms with Gasteiger partial charge < -0.3 is 9.84 Å². The molecule has 3 aromatic rings. The number of morpholine rings is 1. The van der Waals surface area contributed by atoms with Crippen molar-refractivity contribution in [1.29, 1.82) is 0 Å². The van der Waals surface area contributed by atoms with E-state index in [2.05, 4.69) is 5.10 Å². The molecule has 0 spiro atoms. The van der Waals surface area contributed by atoms with Gasteiger partial charge in [0.25, 0.3) is 5.69 Å². The fraction of sp³-hybridized carbons (Fsp3) is 0.238. The van der Waals surface area contributed by atoms with Crippen LogP contribution in [0.3, 0.4) is 0 Å². The number of nitro benzene ring substituents is 1. The smallest absolute Gasteiger partial charge is 0.296 e. The van der Waals surface area contributed by atoms with Crippen LogP contribution in [0, 0.1) is 17.0 Å². The summed E-state index contributed by atoms with van der Waals surface area (Å²) in [5, 5.41) is 25.8. The highest BCUT2D eigenvalue weighted by atomic mass is 32.2. The number of carbonyl (C=O) groups is 1. The normalized spacial score (nSPS) is 14.8. The summed E-state index contributed by atoms with van der Waals surface area (Å²) in [6.07, 6.45) is 2.52. The molecule has 1 saturated heterocycles. The van der Waals surface area contributed by atoms with E-state index in [0.29, 0.717) is 0 Å². The number of carbonyl (C=O) groups excluding carboxylic acids is 1. The molecule has 4 rings (SSSR count). The number of hydrogen-bond donors (Lipinski definition) is 1. The van der Waals surface area contributed by atoms with Gasteiger partial charge in [0.15, 0.2) is 5.78 Å². The van der Waals surface area contributed by atoms with Crippen molar-refractivity contribution in [2.45, 2.75) is 11.8 Å². The minimum Gasteiger partial charge on any atom is -0.507 e. The zero-order chi connectivity index (χ0) is 23.8. The van der Waals surface area contributed by atoms with Gasteiger partial charge in [0.2, 0.25) is 10.0 Å². The lowest BCUT2D eigenvalue weighted by Crippen LogP contribution is -2.40. The molecular weight excluding hydrogens is 452 g/mol. The molecule has 2 aromatic carbocycles. The van der Waals surface area contributed by atoms with Crippen LogP contribution in [0.4, 0.5) is 5.69 Å². The molecule has 1 aliphatic rings. The van der Waals surface area contributed by atoms with Gasteiger partial charge in [-0.05, 0) is 31.2 Å². The number of ether oxygens (including phenoxy) is 1. The molecule has 0 amide bonds. The molecule has 1 aliphatic heterocycles. The molecule has 1 fully saturated rings. The number of nitro groups is 1. The van der Waals surface area contributed by atoms with E-state index in [0.717, 1.165) is 16.3 Å². The summed E-state index contributed by atoms with van der Waals surface area (Å²) in [4.78, 5) is 23.6. The predicted molar refractivity (Wildman–Crippen MR) is 116 cm³/mol. The van der Waals surface area contributed by atoms with Crippen LogP contribution < -0.4 is 0 Å². The van der Waals surface area contributed by atoms with Gasteiger partial charge in [0.1, 0.15) is 11.4 Å². The molecule has 0 atom stereocenters. The Morgan fingerprint density at radius 3 is 2.61 bits per heavy atom. The first-order valence-corrected chi connectivity index (χ1v) is 11.4. The first-order chi connectivity index (χ1) is 15.7. The number of ketones is 1. The van der Waals surface area contributed by atoms with Crippen molar-refractivity contribution in [3.05, 3.63) is 75.6 Å². The molecule has 2 heterocycles. The van der Waals surface area contributed by atoms with Crippen molar-refractivity contribution >= 4 is 21.5 Å². The van der Waals surface area contributed by atoms with Crippen LogP contribution in [0.2, 0.25) is 0 Å². The summed E-state index contributed by atoms with van der Waals surface area (Å²) in [5.74, 6) is -0.696. The number of benzene rings is 2. The highest BCUT2D eigenvalue weighted by Gasteiger charge is 2.29. The summed E-state index contributed by atoms with van der Waals surface area (Å²) < 4.78 is 33.3. The summed E-state index contributed by atoms with van der Waals surface area (Å²) >= 11 is 0. The maximum Gasteiger partial charge on any atom is 0.296 e. The van der Waals surface area contributed by atoms with Crippen molar-refractivity contribution in [2.24, 2.45) is 0 Å². The third kappa shape index (κ3) is 4.35. The van der Waals surface area contributed by atoms with E-state index in [1.807, 2.05) is 0 Å². The average Bonchev–Trinajstić information content (AvgIpc) is 3.30. The zero-order valence-corrected chi connectivity index (χ0v) is 18.4. The van der Waals surface area contributed by atoms with Crippen LogP contribution in [0.5, 0.6) is 5.75 Å². The van der Waals surface area contributed by atoms with Crippen molar-refractivity contribution < 1.29 is 28.0 Å². The molecule has 12 heteroatoms. The van der Waals surface area contributed by atoms with Crippen molar-refractivity contribution in [1.82, 2.24) is 14.1 Å². The summed E-state index contributed by atoms with van der Waals surface area (Å²) in [5.41, 5.74) is 0.473. The Morgan fingerprint density at radius 1 is 1.18 bits per heavy atom. The quantitative estimate of drug-likeness (QED) is 0.326. The molecule has 0 aliphatic carbocycles. The number of nitrogens with zero attached hydrogens (tertiary/aromatic N) is 4. The lowest BCUT2D eigenvalue weighted by atomic mass is 10.0. The van der Waals surface area contributed by atoms with Crippen LogP contribution in [0.15, 0.2) is 53.7 Å². The molecule has 1 aromatic heterocycles. The highest BCUT2D eigenvalue weighted by Crippen LogP contribution is 2.29. The number of hydrogen-bond acceptors (Lipinski definition) is 8. The second-order valence-electron chi connectivity index (χ2n) is 7.45. The predicted octanol–water partition coefficient (Wildman–Crippen LogP) is 2.05. The van der Waals surface area contributed by atoms with Gasteiger partial charge in [-0.1, -0.05) is 11.6 Å². The average molecular weight is 472 g/mol. The Balaban J connectivity index is 1.70. The van der Waals surface area contributed by atoms with Crippen molar-refractivity contribution in [3.8, 4) is 11.4 Å². The summed E-state index contributed by atoms with van der Waals surface area (Å²) in [7, 11) is -3.93. The maximum absolute atomic E-state index is 12.9. The topological polar surface area (TPSA) is 145 Å². The molecule has 11 nitrogen and oxygen atoms in total. The van der Waals surface area contributed by atoms with Crippen molar-refractivity contribution in [2.75, 3.05) is 26.3 Å². The molecular formula is C21H20N4O7S. The zero-order valence-electron chi connectivity index (χ0n) is 17.5. The standard InChI is InChI=1S/C21H20N4O7S/c1-14-2-5-20(26)17(10-14)21(27)15-12-22-24(13-15)18-4-3-16(11-19(18)25(28)29)33(30,31)23-6-8-32-9-7-23/h2-5,10-13,26H,6-9H2,1H3. The largest absolute Gasteiger partial charge is 0.507 e. The summed E-state index contributed by atoms with van der Waals surface area (Å²) in [6.45, 7) is 2.60. The first-order valence-electron chi connectivity index (χ1n) is 9.94. The summed E-state index contributed by atoms with van der Waals surface area (Å²) in [6, 6.07) is 8.12. The number of aryl methyl sites for hydroxylation is 1. The third-order valence-corrected chi connectivity index (χ3v) is 7.13. The van der Waals surface area contributed by atoms with Crippen LogP contribution in [0.25, 0.3) is 5.69 Å². The molecule has 0 radical (unpaired) electrons. The Labute approximate surface area is 189 Å². The van der Waals surface area contributed by atoms with Crippen LogP contribution >= 0.6 is 0 Å². The number of phenols is 1. The Morgan fingerprint density at radius 2 is 1.91 bits per heavy atom. The van der Waals surface area contributed by atoms with Gasteiger partial charge in [-0.3, -0.25) is 14.9 Å². The van der Waals surface area contributed by atoms with Crippen molar-refractivity contribution in [3.63, 3.8) is 0 Å². The Kier molecular flexibility index (Phi) is 5.97. The van der Waals surface area contributed by atoms with E-state index in [4.69, 9.17) is 4.74 Å². The van der Waals surface area contributed by atoms with Gasteiger partial charge in [-0.25, -0.2) is 13.1 Å². The molecule has 0 unspecified atom stereocenters. The molecule has 0 saturated carbocycles. The lowest BCUT2D eigenvalue weighted by molar-refractivity contribution is -0.384. The molecule has 0 bridgehead atoms. The molecule has 1 N–H and O–H groups in total. The van der Waals surface area contributed by atoms with Crippen LogP contribution in [-0.4, -0.2) is 64.6 Å². The highest BCUT2D eigenvalue weighted by molar-refractivity contribution is 7.89. The first kappa shape index (κ1) is 22.6. The van der Waals surface area contributed by atoms with Gasteiger partial charge in [0, 0.05) is 25.4 Å². The second kappa shape index (κ2) is 8.73. The van der Waals surface area contributed by atoms with Crippen LogP contribution in [0.1, 0.15) is 21.5 Å². The molecule has 33 heavy (non-hydrogen) atoms. The number of aromatic nitrogens is 2. The Hall–Kier alpha value is -3.61. The van der Waals surface area contributed by atoms with Gasteiger partial charge in [-0.15, -0.1) is 0 Å². The third-order valence-electron chi connectivity index (χ3n) is 5.24. The number of aromatic hydroxyl groups is 1. The lowest BCUT2D eigenvalue weighted by Gasteiger charge is -2.26. The van der Waals surface area contributed by atoms with E-state index in [1.165, 1.54) is 41.0 Å². The number of rotatable bonds is 6. The fourth-order valence-electron chi connectivity index (χ4n) is 3.50. The van der Waals surface area contributed by atoms with Gasteiger partial charge in [-0.2, -0.15) is 9.40 Å². The monoisotopic (exact) mass is 472 g/mol. The van der Waals surface area contributed by atoms with Crippen LogP contribution in [-0.2, 0) is 14.8 Å².